The molecule has 1 amide bonds. The molecule has 0 aliphatic rings. The van der Waals surface area contributed by atoms with Gasteiger partial charge in [0.1, 0.15) is 11.9 Å². The third kappa shape index (κ3) is 5.11. The summed E-state index contributed by atoms with van der Waals surface area (Å²) in [7, 11) is 3.63. The maximum atomic E-state index is 13.4. The van der Waals surface area contributed by atoms with Gasteiger partial charge in [0, 0.05) is 24.0 Å². The Kier molecular flexibility index (Phi) is 6.24. The highest BCUT2D eigenvalue weighted by Crippen LogP contribution is 2.19. The first-order chi connectivity index (χ1) is 11.0. The van der Waals surface area contributed by atoms with Crippen LogP contribution in [-0.4, -0.2) is 36.4 Å². The number of thiazole rings is 1. The monoisotopic (exact) mass is 335 g/mol. The van der Waals surface area contributed by atoms with Crippen LogP contribution in [0.1, 0.15) is 28.7 Å². The first-order valence-corrected chi connectivity index (χ1v) is 8.46. The number of aromatic nitrogens is 1. The van der Waals surface area contributed by atoms with Gasteiger partial charge in [-0.3, -0.25) is 9.69 Å². The lowest BCUT2D eigenvalue weighted by molar-refractivity contribution is -0.125. The van der Waals surface area contributed by atoms with Crippen LogP contribution in [0.4, 0.5) is 4.39 Å². The average molecular weight is 335 g/mol. The molecule has 0 bridgehead atoms. The van der Waals surface area contributed by atoms with Crippen molar-refractivity contribution in [3.8, 4) is 0 Å². The lowest BCUT2D eigenvalue weighted by atomic mass is 10.1. The first-order valence-electron chi connectivity index (χ1n) is 7.58. The highest BCUT2D eigenvalue weighted by molar-refractivity contribution is 7.09. The van der Waals surface area contributed by atoms with Gasteiger partial charge in [0.25, 0.3) is 0 Å². The van der Waals surface area contributed by atoms with Gasteiger partial charge in [-0.25, -0.2) is 9.37 Å². The number of aryl methyl sites for hydroxylation is 2. The lowest BCUT2D eigenvalue weighted by Crippen LogP contribution is -2.37. The van der Waals surface area contributed by atoms with E-state index in [9.17, 15) is 9.18 Å². The number of rotatable bonds is 7. The first kappa shape index (κ1) is 17.6. The van der Waals surface area contributed by atoms with Crippen molar-refractivity contribution >= 4 is 17.2 Å². The maximum Gasteiger partial charge on any atom is 0.241 e. The van der Waals surface area contributed by atoms with E-state index in [0.29, 0.717) is 12.1 Å². The number of hydrogen-bond acceptors (Lipinski definition) is 4. The average Bonchev–Trinajstić information content (AvgIpc) is 2.89. The van der Waals surface area contributed by atoms with Gasteiger partial charge >= 0.3 is 0 Å². The van der Waals surface area contributed by atoms with Crippen LogP contribution in [0.2, 0.25) is 0 Å². The minimum atomic E-state index is -0.493. The maximum absolute atomic E-state index is 13.4. The predicted molar refractivity (Wildman–Crippen MR) is 91.0 cm³/mol. The second-order valence-electron chi connectivity index (χ2n) is 5.70. The summed E-state index contributed by atoms with van der Waals surface area (Å²) in [6.07, 6.45) is 1.69. The molecule has 1 atom stereocenters. The van der Waals surface area contributed by atoms with Crippen molar-refractivity contribution in [1.82, 2.24) is 15.2 Å². The number of nitrogens with zero attached hydrogens (tertiary/aromatic N) is 2. The summed E-state index contributed by atoms with van der Waals surface area (Å²) in [4.78, 5) is 18.6. The molecule has 1 aromatic carbocycles. The molecule has 0 spiro atoms. The van der Waals surface area contributed by atoms with Crippen molar-refractivity contribution in [3.63, 3.8) is 0 Å². The molecule has 0 aliphatic heterocycles. The van der Waals surface area contributed by atoms with Crippen molar-refractivity contribution in [2.75, 3.05) is 20.6 Å². The number of nitrogens with one attached hydrogen (secondary N) is 1. The van der Waals surface area contributed by atoms with Gasteiger partial charge in [-0.2, -0.15) is 0 Å². The topological polar surface area (TPSA) is 45.2 Å². The van der Waals surface area contributed by atoms with Gasteiger partial charge in [0.05, 0.1) is 5.01 Å². The fraction of sp³-hybridized carbons (Fsp3) is 0.412. The standard InChI is InChI=1S/C17H22FN3OS/c1-12-11-23-15(20-12)8-5-9-19-17(22)16(21(2)3)13-6-4-7-14(18)10-13/h4,6-7,10-11,16H,5,8-9H2,1-3H3,(H,19,22). The second-order valence-corrected chi connectivity index (χ2v) is 6.64. The van der Waals surface area contributed by atoms with Crippen molar-refractivity contribution in [3.05, 3.63) is 51.7 Å². The SMILES string of the molecule is Cc1csc(CCCNC(=O)C(c2cccc(F)c2)N(C)C)n1. The Labute approximate surface area is 140 Å². The van der Waals surface area contributed by atoms with Crippen LogP contribution >= 0.6 is 11.3 Å². The minimum Gasteiger partial charge on any atom is -0.354 e. The molecule has 1 heterocycles. The summed E-state index contributed by atoms with van der Waals surface area (Å²) < 4.78 is 13.4. The van der Waals surface area contributed by atoms with Crippen LogP contribution in [-0.2, 0) is 11.2 Å². The van der Waals surface area contributed by atoms with Crippen molar-refractivity contribution < 1.29 is 9.18 Å². The summed E-state index contributed by atoms with van der Waals surface area (Å²) in [5.41, 5.74) is 1.69. The Hall–Kier alpha value is -1.79. The quantitative estimate of drug-likeness (QED) is 0.791. The molecule has 0 fully saturated rings. The van der Waals surface area contributed by atoms with Crippen molar-refractivity contribution in [1.29, 1.82) is 0 Å². The minimum absolute atomic E-state index is 0.115. The number of hydrogen-bond donors (Lipinski definition) is 1. The summed E-state index contributed by atoms with van der Waals surface area (Å²) >= 11 is 1.64. The van der Waals surface area contributed by atoms with Gasteiger partial charge < -0.3 is 5.32 Å². The Morgan fingerprint density at radius 3 is 2.83 bits per heavy atom. The highest BCUT2D eigenvalue weighted by Gasteiger charge is 2.22. The number of carbonyl (C=O) groups is 1. The third-order valence-electron chi connectivity index (χ3n) is 3.46. The van der Waals surface area contributed by atoms with E-state index in [0.717, 1.165) is 23.5 Å². The van der Waals surface area contributed by atoms with Crippen LogP contribution in [0.15, 0.2) is 29.6 Å². The number of likely N-dealkylation sites (N-methyl/N-ethyl adjacent to an activating group) is 1. The molecule has 2 aromatic rings. The van der Waals surface area contributed by atoms with Gasteiger partial charge in [-0.05, 0) is 45.1 Å². The van der Waals surface area contributed by atoms with E-state index in [1.807, 2.05) is 26.4 Å². The van der Waals surface area contributed by atoms with E-state index < -0.39 is 6.04 Å². The van der Waals surface area contributed by atoms with Crippen LogP contribution in [0.5, 0.6) is 0 Å². The molecule has 0 saturated carbocycles. The molecule has 1 unspecified atom stereocenters. The molecular weight excluding hydrogens is 313 g/mol. The summed E-state index contributed by atoms with van der Waals surface area (Å²) in [5.74, 6) is -0.447. The fourth-order valence-corrected chi connectivity index (χ4v) is 3.24. The molecular formula is C17H22FN3OS. The molecule has 0 aliphatic carbocycles. The highest BCUT2D eigenvalue weighted by atomic mass is 32.1. The van der Waals surface area contributed by atoms with Crippen LogP contribution in [0.3, 0.4) is 0 Å². The molecule has 0 radical (unpaired) electrons. The lowest BCUT2D eigenvalue weighted by Gasteiger charge is -2.23. The zero-order valence-corrected chi connectivity index (χ0v) is 14.5. The largest absolute Gasteiger partial charge is 0.354 e. The molecule has 124 valence electrons. The van der Waals surface area contributed by atoms with E-state index in [2.05, 4.69) is 10.3 Å². The van der Waals surface area contributed by atoms with Crippen LogP contribution < -0.4 is 5.32 Å². The molecule has 6 heteroatoms. The van der Waals surface area contributed by atoms with E-state index >= 15 is 0 Å². The van der Waals surface area contributed by atoms with Gasteiger partial charge in [-0.1, -0.05) is 12.1 Å². The molecule has 23 heavy (non-hydrogen) atoms. The van der Waals surface area contributed by atoms with Gasteiger partial charge in [0.15, 0.2) is 0 Å². The predicted octanol–water partition coefficient (Wildman–Crippen LogP) is 2.94. The van der Waals surface area contributed by atoms with Crippen LogP contribution in [0, 0.1) is 12.7 Å². The molecule has 2 rings (SSSR count). The summed E-state index contributed by atoms with van der Waals surface area (Å²) in [6, 6.07) is 5.69. The number of amides is 1. The smallest absolute Gasteiger partial charge is 0.241 e. The number of halogens is 1. The Bertz CT molecular complexity index is 657. The molecule has 1 aromatic heterocycles. The zero-order chi connectivity index (χ0) is 16.8. The van der Waals surface area contributed by atoms with Gasteiger partial charge in [0.2, 0.25) is 5.91 Å². The van der Waals surface area contributed by atoms with Crippen molar-refractivity contribution in [2.45, 2.75) is 25.8 Å². The normalized spacial score (nSPS) is 12.4. The zero-order valence-electron chi connectivity index (χ0n) is 13.7. The van der Waals surface area contributed by atoms with E-state index in [1.54, 1.807) is 28.4 Å². The van der Waals surface area contributed by atoms with Crippen molar-refractivity contribution in [2.24, 2.45) is 0 Å². The molecule has 0 saturated heterocycles. The Morgan fingerprint density at radius 1 is 1.43 bits per heavy atom. The Balaban J connectivity index is 1.88. The van der Waals surface area contributed by atoms with Gasteiger partial charge in [-0.15, -0.1) is 11.3 Å². The molecule has 1 N–H and O–H groups in total. The van der Waals surface area contributed by atoms with E-state index in [1.165, 1.54) is 12.1 Å². The van der Waals surface area contributed by atoms with Crippen LogP contribution in [0.25, 0.3) is 0 Å². The second kappa shape index (κ2) is 8.17. The number of carbonyl (C=O) groups excluding carboxylic acids is 1. The van der Waals surface area contributed by atoms with E-state index in [4.69, 9.17) is 0 Å². The molecule has 4 nitrogen and oxygen atoms in total. The van der Waals surface area contributed by atoms with E-state index in [-0.39, 0.29) is 11.7 Å². The third-order valence-corrected chi connectivity index (χ3v) is 4.49. The number of benzene rings is 1. The summed E-state index contributed by atoms with van der Waals surface area (Å²) in [6.45, 7) is 2.56. The Morgan fingerprint density at radius 2 is 2.22 bits per heavy atom. The summed E-state index contributed by atoms with van der Waals surface area (Å²) in [5, 5.41) is 6.05. The fourth-order valence-electron chi connectivity index (χ4n) is 2.43.